The van der Waals surface area contributed by atoms with Crippen molar-refractivity contribution in [2.75, 3.05) is 10.6 Å². The van der Waals surface area contributed by atoms with E-state index in [4.69, 9.17) is 14.8 Å². The second-order valence-corrected chi connectivity index (χ2v) is 25.1. The van der Waals surface area contributed by atoms with Crippen molar-refractivity contribution < 1.29 is 24.2 Å². The zero-order chi connectivity index (χ0) is 57.4. The minimum atomic E-state index is -0.900. The zero-order valence-corrected chi connectivity index (χ0v) is 49.1. The van der Waals surface area contributed by atoms with Gasteiger partial charge in [-0.3, -0.25) is 14.2 Å². The second-order valence-electron chi connectivity index (χ2n) is 23.0. The van der Waals surface area contributed by atoms with Crippen molar-refractivity contribution in [2.45, 2.75) is 142 Å². The Morgan fingerprint density at radius 3 is 1.48 bits per heavy atom. The van der Waals surface area contributed by atoms with Gasteiger partial charge in [-0.2, -0.15) is 10.2 Å². The molecule has 420 valence electrons. The smallest absolute Gasteiger partial charge is 0.408 e. The molecule has 0 saturated heterocycles. The van der Waals surface area contributed by atoms with Crippen LogP contribution < -0.4 is 21.3 Å². The summed E-state index contributed by atoms with van der Waals surface area (Å²) < 4.78 is 8.92. The molecule has 19 nitrogen and oxygen atoms in total. The third-order valence-corrected chi connectivity index (χ3v) is 15.8. The maximum absolute atomic E-state index is 13.1. The van der Waals surface area contributed by atoms with Crippen LogP contribution in [0.4, 0.5) is 28.1 Å². The van der Waals surface area contributed by atoms with E-state index in [1.807, 2.05) is 80.2 Å². The lowest BCUT2D eigenvalue weighted by molar-refractivity contribution is 0.0500. The molecule has 0 spiro atoms. The Bertz CT molecular complexity index is 3430. The molecule has 2 unspecified atom stereocenters. The van der Waals surface area contributed by atoms with Gasteiger partial charge in [0.05, 0.1) is 69.6 Å². The van der Waals surface area contributed by atoms with Crippen molar-refractivity contribution in [1.82, 2.24) is 60.1 Å². The molecule has 0 aliphatic heterocycles. The van der Waals surface area contributed by atoms with Gasteiger partial charge in [-0.1, -0.05) is 78.6 Å². The van der Waals surface area contributed by atoms with Gasteiger partial charge >= 0.3 is 12.1 Å². The number of ether oxygens (including phenoxy) is 1. The van der Waals surface area contributed by atoms with E-state index in [1.54, 1.807) is 40.3 Å². The molecule has 0 radical (unpaired) electrons. The van der Waals surface area contributed by atoms with Crippen LogP contribution in [0, 0.1) is 0 Å². The van der Waals surface area contributed by atoms with E-state index in [9.17, 15) is 14.4 Å². The predicted octanol–water partition coefficient (Wildman–Crippen LogP) is 12.6. The number of carbonyl (C=O) groups excluding carboxylic acids is 2. The number of aryl methyl sites for hydroxylation is 4. The van der Waals surface area contributed by atoms with Crippen molar-refractivity contribution in [3.05, 3.63) is 140 Å². The topological polar surface area (TPSA) is 242 Å². The summed E-state index contributed by atoms with van der Waals surface area (Å²) in [4.78, 5) is 63.5. The number of thiazole rings is 2. The number of hydrogen-bond acceptors (Lipinski definition) is 16. The van der Waals surface area contributed by atoms with Gasteiger partial charge in [0.15, 0.2) is 0 Å². The van der Waals surface area contributed by atoms with Crippen LogP contribution in [0.1, 0.15) is 165 Å². The van der Waals surface area contributed by atoms with Gasteiger partial charge in [0.2, 0.25) is 11.9 Å². The van der Waals surface area contributed by atoms with Gasteiger partial charge in [-0.25, -0.2) is 39.5 Å². The number of amides is 2. The van der Waals surface area contributed by atoms with Crippen LogP contribution in [0.5, 0.6) is 0 Å². The molecule has 80 heavy (non-hydrogen) atoms. The van der Waals surface area contributed by atoms with Crippen LogP contribution in [0.3, 0.4) is 0 Å². The van der Waals surface area contributed by atoms with E-state index in [0.29, 0.717) is 21.7 Å². The fourth-order valence-electron chi connectivity index (χ4n) is 9.10. The number of aromatic nitrogens is 10. The number of anilines is 4. The van der Waals surface area contributed by atoms with Crippen molar-refractivity contribution in [3.63, 3.8) is 0 Å². The molecule has 10 rings (SSSR count). The lowest BCUT2D eigenvalue weighted by atomic mass is 9.95. The molecule has 2 aromatic carbocycles. The highest BCUT2D eigenvalue weighted by Gasteiger charge is 2.27. The predicted molar refractivity (Wildman–Crippen MR) is 314 cm³/mol. The highest BCUT2D eigenvalue weighted by Crippen LogP contribution is 2.35. The SMILES string of the molecule is CC(C)(C)c1ncc(C(=O)O)s1.Cn1cc(Nc2nccc(-c3ccc4c(c3)CCCCC4NC(=O)OC(C)(C)C)n2)cn1.Cn1cc(Nc2nccc(-c3ccc4c(c3)CCCCC4NC(=O)c3cnc(C(C)(C)C)s3)n2)cn1. The molecular formula is C59H72N14O5S2. The van der Waals surface area contributed by atoms with Crippen molar-refractivity contribution in [1.29, 1.82) is 0 Å². The Labute approximate surface area is 475 Å². The maximum atomic E-state index is 13.1. The number of hydrogen-bond donors (Lipinski definition) is 5. The Kier molecular flexibility index (Phi) is 18.2. The third-order valence-electron chi connectivity index (χ3n) is 13.0. The van der Waals surface area contributed by atoms with E-state index in [2.05, 4.69) is 114 Å². The summed E-state index contributed by atoms with van der Waals surface area (Å²) >= 11 is 2.71. The van der Waals surface area contributed by atoms with Crippen LogP contribution in [0.25, 0.3) is 22.5 Å². The number of carboxylic acid groups (broad SMARTS) is 1. The fourth-order valence-corrected chi connectivity index (χ4v) is 10.8. The Balaban J connectivity index is 0.000000175. The third kappa shape index (κ3) is 15.9. The molecule has 5 N–H and O–H groups in total. The Hall–Kier alpha value is -7.91. The van der Waals surface area contributed by atoms with Gasteiger partial charge in [-0.15, -0.1) is 22.7 Å². The summed E-state index contributed by atoms with van der Waals surface area (Å²) in [7, 11) is 3.73. The first-order valence-electron chi connectivity index (χ1n) is 26.8. The number of rotatable bonds is 10. The van der Waals surface area contributed by atoms with E-state index in [1.165, 1.54) is 45.6 Å². The van der Waals surface area contributed by atoms with Gasteiger partial charge in [-0.05, 0) is 106 Å². The molecule has 2 amide bonds. The molecule has 0 saturated carbocycles. The number of nitrogens with zero attached hydrogens (tertiary/aromatic N) is 10. The zero-order valence-electron chi connectivity index (χ0n) is 47.4. The summed E-state index contributed by atoms with van der Waals surface area (Å²) in [5.74, 6) is 0.101. The number of nitrogens with one attached hydrogen (secondary N) is 4. The van der Waals surface area contributed by atoms with Crippen molar-refractivity contribution in [3.8, 4) is 22.5 Å². The van der Waals surface area contributed by atoms with Gasteiger partial charge < -0.3 is 31.1 Å². The maximum Gasteiger partial charge on any atom is 0.408 e. The summed E-state index contributed by atoms with van der Waals surface area (Å²) in [6, 6.07) is 16.5. The van der Waals surface area contributed by atoms with E-state index >= 15 is 0 Å². The van der Waals surface area contributed by atoms with Gasteiger partial charge in [0, 0.05) is 60.8 Å². The number of carbonyl (C=O) groups is 3. The molecule has 0 bridgehead atoms. The molecule has 2 atom stereocenters. The minimum absolute atomic E-state index is 0.0163. The number of fused-ring (bicyclic) bond motifs is 2. The first-order chi connectivity index (χ1) is 37.9. The van der Waals surface area contributed by atoms with E-state index in [0.717, 1.165) is 101 Å². The number of aromatic carboxylic acids is 1. The first-order valence-corrected chi connectivity index (χ1v) is 28.5. The number of alkyl carbamates (subject to hydrolysis) is 1. The fraction of sp³-hybridized carbons (Fsp3) is 0.407. The van der Waals surface area contributed by atoms with Crippen molar-refractivity contribution >= 4 is 63.9 Å². The Morgan fingerprint density at radius 2 is 1.06 bits per heavy atom. The van der Waals surface area contributed by atoms with E-state index in [-0.39, 0.29) is 34.9 Å². The second kappa shape index (κ2) is 25.0. The lowest BCUT2D eigenvalue weighted by Crippen LogP contribution is -2.35. The normalized spacial score (nSPS) is 15.2. The van der Waals surface area contributed by atoms with Crippen LogP contribution in [0.2, 0.25) is 0 Å². The van der Waals surface area contributed by atoms with E-state index < -0.39 is 11.6 Å². The Morgan fingerprint density at radius 1 is 0.600 bits per heavy atom. The van der Waals surface area contributed by atoms with Crippen LogP contribution >= 0.6 is 22.7 Å². The molecular weight excluding hydrogens is 1050 g/mol. The molecule has 6 aromatic heterocycles. The quantitative estimate of drug-likeness (QED) is 0.0800. The average Bonchev–Trinajstić information content (AvgIpc) is 4.24. The molecule has 8 aromatic rings. The first kappa shape index (κ1) is 58.2. The number of carboxylic acids is 1. The molecule has 21 heteroatoms. The molecule has 0 fully saturated rings. The standard InChI is InChI=1S/C27H31N7OS.C24H30N6O2.C8H11NO2S/c1-27(2,3)25-29-15-23(36-25)24(35)32-22-8-6-5-7-17-13-18(9-10-20(17)22)21-11-12-28-26(33-21)31-19-14-30-34(4)16-19;1-24(2,3)32-23(31)29-21-8-6-5-7-16-13-17(9-10-19(16)21)20-11-12-25-22(28-20)27-18-14-26-30(4)15-18;1-8(2,3)7-9-4-5(12-7)6(10)11/h9-16,22H,5-8H2,1-4H3,(H,32,35)(H,28,31,33);9-15,21H,5-8H2,1-4H3,(H,29,31)(H,25,27,28);4H,1-3H3,(H,10,11). The minimum Gasteiger partial charge on any atom is -0.477 e. The van der Waals surface area contributed by atoms with Crippen LogP contribution in [0.15, 0.2) is 98.1 Å². The number of benzene rings is 2. The summed E-state index contributed by atoms with van der Waals surface area (Å²) in [5, 5.41) is 31.5. The molecule has 6 heterocycles. The largest absolute Gasteiger partial charge is 0.477 e. The average molecular weight is 1120 g/mol. The van der Waals surface area contributed by atoms with Crippen LogP contribution in [-0.2, 0) is 42.5 Å². The lowest BCUT2D eigenvalue weighted by Gasteiger charge is -2.24. The van der Waals surface area contributed by atoms with Crippen LogP contribution in [-0.4, -0.2) is 78.1 Å². The molecule has 2 aliphatic carbocycles. The molecule has 2 aliphatic rings. The van der Waals surface area contributed by atoms with Gasteiger partial charge in [0.25, 0.3) is 5.91 Å². The summed E-state index contributed by atoms with van der Waals surface area (Å²) in [5.41, 5.74) is 9.63. The summed E-state index contributed by atoms with van der Waals surface area (Å²) in [6.07, 6.45) is 21.5. The summed E-state index contributed by atoms with van der Waals surface area (Å²) in [6.45, 7) is 18.0. The highest BCUT2D eigenvalue weighted by molar-refractivity contribution is 7.14. The highest BCUT2D eigenvalue weighted by atomic mass is 32.1. The van der Waals surface area contributed by atoms with Crippen molar-refractivity contribution in [2.24, 2.45) is 14.1 Å². The van der Waals surface area contributed by atoms with Gasteiger partial charge in [0.1, 0.15) is 15.4 Å². The monoisotopic (exact) mass is 1120 g/mol.